The second kappa shape index (κ2) is 5.25. The van der Waals surface area contributed by atoms with Crippen molar-refractivity contribution in [3.05, 3.63) is 29.6 Å². The lowest BCUT2D eigenvalue weighted by molar-refractivity contribution is 0.603. The molecule has 1 rings (SSSR count). The summed E-state index contributed by atoms with van der Waals surface area (Å²) < 4.78 is 13.3. The topological polar surface area (TPSA) is 26.0 Å². The molecule has 1 aromatic rings. The maximum Gasteiger partial charge on any atom is 0.127 e. The summed E-state index contributed by atoms with van der Waals surface area (Å²) in [6.07, 6.45) is 0.620. The second-order valence-electron chi connectivity index (χ2n) is 2.69. The van der Waals surface area contributed by atoms with Crippen LogP contribution in [0.15, 0.2) is 23.1 Å². The fourth-order valence-corrected chi connectivity index (χ4v) is 2.08. The SMILES string of the molecule is CCSc1cccc(F)c1CCN. The van der Waals surface area contributed by atoms with Crippen LogP contribution in [0.1, 0.15) is 12.5 Å². The van der Waals surface area contributed by atoms with E-state index in [0.717, 1.165) is 16.2 Å². The van der Waals surface area contributed by atoms with Crippen molar-refractivity contribution in [3.8, 4) is 0 Å². The molecule has 13 heavy (non-hydrogen) atoms. The van der Waals surface area contributed by atoms with Crippen LogP contribution in [-0.4, -0.2) is 12.3 Å². The lowest BCUT2D eigenvalue weighted by Crippen LogP contribution is -2.05. The zero-order valence-electron chi connectivity index (χ0n) is 7.72. The molecule has 0 saturated carbocycles. The minimum atomic E-state index is -0.135. The van der Waals surface area contributed by atoms with Gasteiger partial charge in [0.15, 0.2) is 0 Å². The lowest BCUT2D eigenvalue weighted by atomic mass is 10.1. The largest absolute Gasteiger partial charge is 0.330 e. The Kier molecular flexibility index (Phi) is 4.25. The number of thioether (sulfide) groups is 1. The summed E-state index contributed by atoms with van der Waals surface area (Å²) >= 11 is 1.66. The van der Waals surface area contributed by atoms with Gasteiger partial charge in [-0.25, -0.2) is 4.39 Å². The molecule has 0 aliphatic heterocycles. The molecule has 0 fully saturated rings. The molecule has 72 valence electrons. The zero-order valence-corrected chi connectivity index (χ0v) is 8.53. The average molecular weight is 199 g/mol. The quantitative estimate of drug-likeness (QED) is 0.754. The Morgan fingerprint density at radius 1 is 1.46 bits per heavy atom. The highest BCUT2D eigenvalue weighted by atomic mass is 32.2. The minimum Gasteiger partial charge on any atom is -0.330 e. The molecule has 0 amide bonds. The molecule has 1 aromatic carbocycles. The van der Waals surface area contributed by atoms with Gasteiger partial charge in [0.2, 0.25) is 0 Å². The Hall–Kier alpha value is -0.540. The predicted octanol–water partition coefficient (Wildman–Crippen LogP) is 2.44. The van der Waals surface area contributed by atoms with Gasteiger partial charge < -0.3 is 5.73 Å². The zero-order chi connectivity index (χ0) is 9.68. The van der Waals surface area contributed by atoms with E-state index < -0.39 is 0 Å². The van der Waals surface area contributed by atoms with Crippen LogP contribution in [0.3, 0.4) is 0 Å². The molecular weight excluding hydrogens is 185 g/mol. The van der Waals surface area contributed by atoms with Crippen LogP contribution in [0, 0.1) is 5.82 Å². The first-order valence-corrected chi connectivity index (χ1v) is 5.38. The number of halogens is 1. The lowest BCUT2D eigenvalue weighted by Gasteiger charge is -2.07. The first-order valence-electron chi connectivity index (χ1n) is 4.39. The fourth-order valence-electron chi connectivity index (χ4n) is 1.22. The van der Waals surface area contributed by atoms with Crippen molar-refractivity contribution in [3.63, 3.8) is 0 Å². The van der Waals surface area contributed by atoms with Crippen molar-refractivity contribution in [2.24, 2.45) is 5.73 Å². The van der Waals surface area contributed by atoms with Crippen LogP contribution in [0.5, 0.6) is 0 Å². The van der Waals surface area contributed by atoms with Gasteiger partial charge in [0.05, 0.1) is 0 Å². The van der Waals surface area contributed by atoms with E-state index in [1.807, 2.05) is 6.07 Å². The third-order valence-corrected chi connectivity index (χ3v) is 2.75. The van der Waals surface area contributed by atoms with Crippen molar-refractivity contribution in [1.82, 2.24) is 0 Å². The number of nitrogens with two attached hydrogens (primary N) is 1. The second-order valence-corrected chi connectivity index (χ2v) is 3.99. The number of benzene rings is 1. The summed E-state index contributed by atoms with van der Waals surface area (Å²) in [6, 6.07) is 5.18. The van der Waals surface area contributed by atoms with Crippen LogP contribution in [0.4, 0.5) is 4.39 Å². The molecule has 0 atom stereocenters. The van der Waals surface area contributed by atoms with E-state index in [0.29, 0.717) is 13.0 Å². The maximum atomic E-state index is 13.3. The Labute approximate surface area is 82.5 Å². The molecule has 0 saturated heterocycles. The van der Waals surface area contributed by atoms with Crippen molar-refractivity contribution >= 4 is 11.8 Å². The molecule has 0 spiro atoms. The Morgan fingerprint density at radius 3 is 2.85 bits per heavy atom. The summed E-state index contributed by atoms with van der Waals surface area (Å²) in [5, 5.41) is 0. The summed E-state index contributed by atoms with van der Waals surface area (Å²) in [6.45, 7) is 2.56. The Bertz CT molecular complexity index is 276. The van der Waals surface area contributed by atoms with E-state index in [1.54, 1.807) is 17.8 Å². The average Bonchev–Trinajstić information content (AvgIpc) is 2.11. The van der Waals surface area contributed by atoms with Gasteiger partial charge in [-0.15, -0.1) is 11.8 Å². The number of hydrogen-bond donors (Lipinski definition) is 1. The van der Waals surface area contributed by atoms with Crippen molar-refractivity contribution in [2.45, 2.75) is 18.2 Å². The van der Waals surface area contributed by atoms with Gasteiger partial charge in [-0.2, -0.15) is 0 Å². The summed E-state index contributed by atoms with van der Waals surface area (Å²) in [5.41, 5.74) is 6.18. The number of hydrogen-bond acceptors (Lipinski definition) is 2. The van der Waals surface area contributed by atoms with Crippen LogP contribution in [0.2, 0.25) is 0 Å². The predicted molar refractivity (Wildman–Crippen MR) is 55.6 cm³/mol. The van der Waals surface area contributed by atoms with Crippen molar-refractivity contribution in [2.75, 3.05) is 12.3 Å². The van der Waals surface area contributed by atoms with Gasteiger partial charge in [-0.1, -0.05) is 13.0 Å². The van der Waals surface area contributed by atoms with E-state index in [2.05, 4.69) is 6.92 Å². The maximum absolute atomic E-state index is 13.3. The molecule has 0 heterocycles. The molecule has 0 aliphatic rings. The smallest absolute Gasteiger partial charge is 0.127 e. The molecule has 3 heteroatoms. The van der Waals surface area contributed by atoms with Crippen LogP contribution in [-0.2, 0) is 6.42 Å². The highest BCUT2D eigenvalue weighted by molar-refractivity contribution is 7.99. The summed E-state index contributed by atoms with van der Waals surface area (Å²) in [4.78, 5) is 1.02. The number of rotatable bonds is 4. The van der Waals surface area contributed by atoms with Crippen LogP contribution < -0.4 is 5.73 Å². The van der Waals surface area contributed by atoms with E-state index in [4.69, 9.17) is 5.73 Å². The third kappa shape index (κ3) is 2.71. The first kappa shape index (κ1) is 10.5. The molecule has 0 aromatic heterocycles. The monoisotopic (exact) mass is 199 g/mol. The van der Waals surface area contributed by atoms with E-state index in [9.17, 15) is 4.39 Å². The first-order chi connectivity index (χ1) is 6.29. The molecule has 0 bridgehead atoms. The molecule has 0 radical (unpaired) electrons. The van der Waals surface area contributed by atoms with Crippen molar-refractivity contribution < 1.29 is 4.39 Å². The minimum absolute atomic E-state index is 0.135. The molecule has 0 unspecified atom stereocenters. The normalized spacial score (nSPS) is 10.4. The molecular formula is C10H14FNS. The van der Waals surface area contributed by atoms with Gasteiger partial charge in [0.25, 0.3) is 0 Å². The standard InChI is InChI=1S/C10H14FNS/c1-2-13-10-5-3-4-9(11)8(10)6-7-12/h3-5H,2,6-7,12H2,1H3. The highest BCUT2D eigenvalue weighted by Gasteiger charge is 2.06. The highest BCUT2D eigenvalue weighted by Crippen LogP contribution is 2.24. The molecule has 0 aliphatic carbocycles. The summed E-state index contributed by atoms with van der Waals surface area (Å²) in [5.74, 6) is 0.824. The van der Waals surface area contributed by atoms with Crippen molar-refractivity contribution in [1.29, 1.82) is 0 Å². The van der Waals surface area contributed by atoms with Crippen LogP contribution >= 0.6 is 11.8 Å². The van der Waals surface area contributed by atoms with E-state index in [1.165, 1.54) is 6.07 Å². The molecule has 2 N–H and O–H groups in total. The Balaban J connectivity index is 2.95. The summed E-state index contributed by atoms with van der Waals surface area (Å²) in [7, 11) is 0. The van der Waals surface area contributed by atoms with Gasteiger partial charge >= 0.3 is 0 Å². The van der Waals surface area contributed by atoms with E-state index in [-0.39, 0.29) is 5.82 Å². The van der Waals surface area contributed by atoms with Gasteiger partial charge in [0, 0.05) is 10.5 Å². The van der Waals surface area contributed by atoms with Gasteiger partial charge in [0.1, 0.15) is 5.82 Å². The fraction of sp³-hybridized carbons (Fsp3) is 0.400. The van der Waals surface area contributed by atoms with Crippen LogP contribution in [0.25, 0.3) is 0 Å². The molecule has 1 nitrogen and oxygen atoms in total. The third-order valence-electron chi connectivity index (χ3n) is 1.77. The Morgan fingerprint density at radius 2 is 2.23 bits per heavy atom. The van der Waals surface area contributed by atoms with Gasteiger partial charge in [-0.05, 0) is 30.9 Å². The van der Waals surface area contributed by atoms with Gasteiger partial charge in [-0.3, -0.25) is 0 Å². The van der Waals surface area contributed by atoms with E-state index >= 15 is 0 Å².